The number of hydrazone groups is 1. The van der Waals surface area contributed by atoms with E-state index in [9.17, 15) is 9.59 Å². The van der Waals surface area contributed by atoms with Crippen molar-refractivity contribution in [2.75, 3.05) is 12.3 Å². The van der Waals surface area contributed by atoms with Gasteiger partial charge in [0.25, 0.3) is 0 Å². The van der Waals surface area contributed by atoms with Crippen molar-refractivity contribution in [2.45, 2.75) is 0 Å². The molecule has 2 amide bonds. The van der Waals surface area contributed by atoms with Gasteiger partial charge in [-0.05, 0) is 12.1 Å². The van der Waals surface area contributed by atoms with E-state index < -0.39 is 5.91 Å². The van der Waals surface area contributed by atoms with E-state index in [4.69, 9.17) is 4.42 Å². The third-order valence-electron chi connectivity index (χ3n) is 2.17. The van der Waals surface area contributed by atoms with Gasteiger partial charge in [-0.2, -0.15) is 0 Å². The first-order valence-corrected chi connectivity index (χ1v) is 6.16. The Bertz CT molecular complexity index is 496. The predicted molar refractivity (Wildman–Crippen MR) is 68.0 cm³/mol. The van der Waals surface area contributed by atoms with Crippen molar-refractivity contribution in [3.05, 3.63) is 36.8 Å². The summed E-state index contributed by atoms with van der Waals surface area (Å²) >= 11 is 1.27. The van der Waals surface area contributed by atoms with E-state index in [1.54, 1.807) is 12.1 Å². The number of amides is 2. The summed E-state index contributed by atoms with van der Waals surface area (Å²) in [6, 6.07) is 3.14. The molecule has 1 aromatic rings. The number of nitrogens with one attached hydrogen (secondary N) is 1. The Morgan fingerprint density at radius 3 is 3.22 bits per heavy atom. The third kappa shape index (κ3) is 2.62. The van der Waals surface area contributed by atoms with Crippen molar-refractivity contribution in [2.24, 2.45) is 5.10 Å². The summed E-state index contributed by atoms with van der Waals surface area (Å²) in [4.78, 5) is 24.5. The second kappa shape index (κ2) is 5.54. The molecule has 2 heterocycles. The van der Waals surface area contributed by atoms with Gasteiger partial charge in [0.05, 0.1) is 12.0 Å². The fraction of sp³-hybridized carbons (Fsp3) is 0.182. The largest absolute Gasteiger partial charge is 0.459 e. The van der Waals surface area contributed by atoms with E-state index in [1.807, 2.05) is 0 Å². The molecule has 94 valence electrons. The van der Waals surface area contributed by atoms with Gasteiger partial charge < -0.3 is 4.42 Å². The molecule has 0 atom stereocenters. The van der Waals surface area contributed by atoms with Crippen LogP contribution in [0.1, 0.15) is 10.6 Å². The molecule has 1 N–H and O–H groups in total. The number of carbonyl (C=O) groups excluding carboxylic acids is 2. The molecule has 0 aromatic carbocycles. The number of furan rings is 1. The van der Waals surface area contributed by atoms with Gasteiger partial charge in [-0.15, -0.1) is 11.7 Å². The van der Waals surface area contributed by atoms with Crippen molar-refractivity contribution < 1.29 is 14.0 Å². The van der Waals surface area contributed by atoms with Crippen LogP contribution in [-0.4, -0.2) is 34.2 Å². The van der Waals surface area contributed by atoms with E-state index in [1.165, 1.54) is 29.0 Å². The van der Waals surface area contributed by atoms with E-state index in [0.717, 1.165) is 0 Å². The first-order chi connectivity index (χ1) is 8.72. The Morgan fingerprint density at radius 1 is 1.72 bits per heavy atom. The topological polar surface area (TPSA) is 74.9 Å². The summed E-state index contributed by atoms with van der Waals surface area (Å²) in [5, 5.41) is 4.37. The number of carbonyl (C=O) groups is 2. The molecule has 0 spiro atoms. The number of hydrogen-bond acceptors (Lipinski definition) is 5. The first kappa shape index (κ1) is 12.4. The fourth-order valence-corrected chi connectivity index (χ4v) is 2.20. The highest BCUT2D eigenvalue weighted by molar-refractivity contribution is 8.15. The Morgan fingerprint density at radius 2 is 2.56 bits per heavy atom. The van der Waals surface area contributed by atoms with Crippen LogP contribution >= 0.6 is 11.8 Å². The standard InChI is InChI=1S/C11H11N3O3S/c1-2-5-14-9(15)7-18-11(14)13-12-10(16)8-4-3-6-17-8/h2-4,6H,1,5,7H2,(H,12,16). The molecular weight excluding hydrogens is 254 g/mol. The van der Waals surface area contributed by atoms with Gasteiger partial charge in [-0.25, -0.2) is 5.43 Å². The maximum atomic E-state index is 11.6. The average Bonchev–Trinajstić information content (AvgIpc) is 2.99. The molecule has 1 saturated heterocycles. The molecule has 18 heavy (non-hydrogen) atoms. The molecule has 0 unspecified atom stereocenters. The van der Waals surface area contributed by atoms with Crippen molar-refractivity contribution in [1.29, 1.82) is 0 Å². The zero-order chi connectivity index (χ0) is 13.0. The smallest absolute Gasteiger partial charge is 0.307 e. The predicted octanol–water partition coefficient (Wildman–Crippen LogP) is 1.04. The molecule has 0 aliphatic carbocycles. The molecule has 2 rings (SSSR count). The van der Waals surface area contributed by atoms with Crippen molar-refractivity contribution in [3.63, 3.8) is 0 Å². The summed E-state index contributed by atoms with van der Waals surface area (Å²) in [5.74, 6) is -0.00984. The Hall–Kier alpha value is -2.02. The minimum absolute atomic E-state index is 0.0501. The summed E-state index contributed by atoms with van der Waals surface area (Å²) in [7, 11) is 0. The van der Waals surface area contributed by atoms with E-state index >= 15 is 0 Å². The quantitative estimate of drug-likeness (QED) is 0.652. The van der Waals surface area contributed by atoms with Gasteiger partial charge in [-0.1, -0.05) is 17.8 Å². The summed E-state index contributed by atoms with van der Waals surface area (Å²) in [5.41, 5.74) is 2.34. The Labute approximate surface area is 108 Å². The Balaban J connectivity index is 2.02. The van der Waals surface area contributed by atoms with Crippen LogP contribution in [0.4, 0.5) is 0 Å². The van der Waals surface area contributed by atoms with E-state index in [2.05, 4.69) is 17.1 Å². The molecule has 1 aromatic heterocycles. The second-order valence-corrected chi connectivity index (χ2v) is 4.34. The van der Waals surface area contributed by atoms with Gasteiger partial charge in [0, 0.05) is 6.54 Å². The zero-order valence-corrected chi connectivity index (χ0v) is 10.3. The maximum absolute atomic E-state index is 11.6. The summed E-state index contributed by atoms with van der Waals surface area (Å²) < 4.78 is 4.92. The van der Waals surface area contributed by atoms with Crippen LogP contribution in [0.2, 0.25) is 0 Å². The van der Waals surface area contributed by atoms with Crippen LogP contribution in [0.15, 0.2) is 40.6 Å². The minimum atomic E-state index is -0.453. The van der Waals surface area contributed by atoms with Crippen molar-refractivity contribution >= 4 is 28.7 Å². The third-order valence-corrected chi connectivity index (χ3v) is 3.13. The van der Waals surface area contributed by atoms with Gasteiger partial charge in [0.1, 0.15) is 0 Å². The normalized spacial score (nSPS) is 17.2. The SMILES string of the molecule is C=CCN1C(=O)CSC1=NNC(=O)c1ccco1. The van der Waals surface area contributed by atoms with E-state index in [-0.39, 0.29) is 11.7 Å². The number of amidine groups is 1. The van der Waals surface area contributed by atoms with Gasteiger partial charge in [-0.3, -0.25) is 14.5 Å². The van der Waals surface area contributed by atoms with Crippen LogP contribution in [0.3, 0.4) is 0 Å². The lowest BCUT2D eigenvalue weighted by Gasteiger charge is -2.12. The molecule has 6 nitrogen and oxygen atoms in total. The number of hydrogen-bond donors (Lipinski definition) is 1. The highest BCUT2D eigenvalue weighted by Gasteiger charge is 2.27. The molecule has 0 bridgehead atoms. The average molecular weight is 265 g/mol. The number of thioether (sulfide) groups is 1. The Kier molecular flexibility index (Phi) is 3.83. The monoisotopic (exact) mass is 265 g/mol. The lowest BCUT2D eigenvalue weighted by Crippen LogP contribution is -2.31. The molecule has 1 aliphatic heterocycles. The van der Waals surface area contributed by atoms with Gasteiger partial charge in [0.2, 0.25) is 5.91 Å². The molecule has 0 saturated carbocycles. The van der Waals surface area contributed by atoms with Gasteiger partial charge >= 0.3 is 5.91 Å². The second-order valence-electron chi connectivity index (χ2n) is 3.39. The minimum Gasteiger partial charge on any atom is -0.459 e. The zero-order valence-electron chi connectivity index (χ0n) is 9.46. The summed E-state index contributed by atoms with van der Waals surface area (Å²) in [6.45, 7) is 3.94. The number of nitrogens with zero attached hydrogens (tertiary/aromatic N) is 2. The molecule has 7 heteroatoms. The maximum Gasteiger partial charge on any atom is 0.307 e. The highest BCUT2D eigenvalue weighted by Crippen LogP contribution is 2.18. The molecule has 1 aliphatic rings. The number of rotatable bonds is 4. The molecule has 0 radical (unpaired) electrons. The fourth-order valence-electron chi connectivity index (χ4n) is 1.35. The first-order valence-electron chi connectivity index (χ1n) is 5.18. The van der Waals surface area contributed by atoms with Crippen molar-refractivity contribution in [3.8, 4) is 0 Å². The van der Waals surface area contributed by atoms with Crippen LogP contribution in [-0.2, 0) is 4.79 Å². The highest BCUT2D eigenvalue weighted by atomic mass is 32.2. The van der Waals surface area contributed by atoms with Crippen LogP contribution < -0.4 is 5.43 Å². The van der Waals surface area contributed by atoms with Crippen LogP contribution in [0.25, 0.3) is 0 Å². The van der Waals surface area contributed by atoms with Gasteiger partial charge in [0.15, 0.2) is 10.9 Å². The summed E-state index contributed by atoms with van der Waals surface area (Å²) in [6.07, 6.45) is 3.01. The molecular formula is C11H11N3O3S. The lowest BCUT2D eigenvalue weighted by atomic mass is 10.4. The van der Waals surface area contributed by atoms with Crippen molar-refractivity contribution in [1.82, 2.24) is 10.3 Å². The lowest BCUT2D eigenvalue weighted by molar-refractivity contribution is -0.123. The van der Waals surface area contributed by atoms with Crippen LogP contribution in [0.5, 0.6) is 0 Å². The molecule has 1 fully saturated rings. The van der Waals surface area contributed by atoms with Crippen LogP contribution in [0, 0.1) is 0 Å². The van der Waals surface area contributed by atoms with E-state index in [0.29, 0.717) is 17.5 Å².